The van der Waals surface area contributed by atoms with Crippen molar-refractivity contribution in [3.63, 3.8) is 0 Å². The van der Waals surface area contributed by atoms with E-state index >= 15 is 0 Å². The Morgan fingerprint density at radius 1 is 0.295 bits per heavy atom. The first-order chi connectivity index (χ1) is 30.2. The lowest BCUT2D eigenvalue weighted by molar-refractivity contribution is 1.08. The molecule has 0 fully saturated rings. The summed E-state index contributed by atoms with van der Waals surface area (Å²) in [6.45, 7) is 0. The van der Waals surface area contributed by atoms with E-state index in [2.05, 4.69) is 217 Å². The highest BCUT2D eigenvalue weighted by atomic mass is 15.0. The quantitative estimate of drug-likeness (QED) is 0.125. The standard InChI is InChI=1S/C57H36N4/c1-3-14-37(15-4-1)38-26-30-41(31-27-38)55-58-56(60-57(59-55)53-46-21-10-8-17-43(46)36-51-45-20-9-7-16-39(45)34-35-49(51)53)42-32-28-40(29-33-42)47-23-13-24-50-48-22-11-12-25-52(48)61(54(47)50)44-18-5-2-6-19-44/h1-36H. The highest BCUT2D eigenvalue weighted by molar-refractivity contribution is 6.19. The molecule has 2 heterocycles. The van der Waals surface area contributed by atoms with E-state index in [9.17, 15) is 0 Å². The molecule has 0 bridgehead atoms. The molecule has 0 aliphatic heterocycles. The third kappa shape index (κ3) is 5.88. The predicted molar refractivity (Wildman–Crippen MR) is 254 cm³/mol. The monoisotopic (exact) mass is 776 g/mol. The van der Waals surface area contributed by atoms with Crippen molar-refractivity contribution in [1.29, 1.82) is 0 Å². The topological polar surface area (TPSA) is 43.6 Å². The summed E-state index contributed by atoms with van der Waals surface area (Å²) in [6, 6.07) is 77.5. The summed E-state index contributed by atoms with van der Waals surface area (Å²) < 4.78 is 2.39. The van der Waals surface area contributed by atoms with Crippen LogP contribution >= 0.6 is 0 Å². The predicted octanol–water partition coefficient (Wildman–Crippen LogP) is 14.8. The highest BCUT2D eigenvalue weighted by Crippen LogP contribution is 2.41. The van der Waals surface area contributed by atoms with Crippen LogP contribution in [0, 0.1) is 0 Å². The molecule has 61 heavy (non-hydrogen) atoms. The minimum atomic E-state index is 0.622. The summed E-state index contributed by atoms with van der Waals surface area (Å²) in [5.41, 5.74) is 10.9. The van der Waals surface area contributed by atoms with Crippen molar-refractivity contribution in [3.05, 3.63) is 218 Å². The van der Waals surface area contributed by atoms with Gasteiger partial charge < -0.3 is 4.57 Å². The van der Waals surface area contributed by atoms with Crippen molar-refractivity contribution in [2.24, 2.45) is 0 Å². The Balaban J connectivity index is 1.05. The Labute approximate surface area is 352 Å². The van der Waals surface area contributed by atoms with Gasteiger partial charge in [0, 0.05) is 38.7 Å². The van der Waals surface area contributed by atoms with Gasteiger partial charge in [-0.3, -0.25) is 0 Å². The number of nitrogens with zero attached hydrogens (tertiary/aromatic N) is 4. The molecule has 2 aromatic heterocycles. The first-order valence-electron chi connectivity index (χ1n) is 20.7. The third-order valence-corrected chi connectivity index (χ3v) is 12.0. The van der Waals surface area contributed by atoms with Crippen LogP contribution in [0.4, 0.5) is 0 Å². The zero-order valence-electron chi connectivity index (χ0n) is 33.1. The second kappa shape index (κ2) is 14.3. The molecule has 12 rings (SSSR count). The smallest absolute Gasteiger partial charge is 0.165 e. The lowest BCUT2D eigenvalue weighted by Gasteiger charge is -2.15. The molecular weight excluding hydrogens is 741 g/mol. The van der Waals surface area contributed by atoms with Gasteiger partial charge in [-0.1, -0.05) is 194 Å². The average Bonchev–Trinajstić information content (AvgIpc) is 3.68. The number of aromatic nitrogens is 4. The molecule has 0 saturated carbocycles. The summed E-state index contributed by atoms with van der Waals surface area (Å²) in [7, 11) is 0. The molecule has 4 heteroatoms. The molecule has 4 nitrogen and oxygen atoms in total. The molecule has 0 amide bonds. The Kier molecular flexibility index (Phi) is 8.13. The molecule has 0 spiro atoms. The van der Waals surface area contributed by atoms with Crippen LogP contribution in [0.15, 0.2) is 218 Å². The SMILES string of the molecule is c1ccc(-c2ccc(-c3nc(-c4ccc(-c5cccc6c7ccccc7n(-c7ccccc7)c56)cc4)nc(-c4c5ccccc5cc5c4ccc4ccccc45)n3)cc2)cc1. The molecule has 0 atom stereocenters. The summed E-state index contributed by atoms with van der Waals surface area (Å²) in [5.74, 6) is 1.89. The van der Waals surface area contributed by atoms with E-state index in [1.807, 2.05) is 6.07 Å². The van der Waals surface area contributed by atoms with Gasteiger partial charge in [0.1, 0.15) is 0 Å². The van der Waals surface area contributed by atoms with Crippen molar-refractivity contribution in [3.8, 4) is 62.1 Å². The van der Waals surface area contributed by atoms with Gasteiger partial charge in [0.15, 0.2) is 17.5 Å². The molecule has 284 valence electrons. The van der Waals surface area contributed by atoms with Crippen LogP contribution < -0.4 is 0 Å². The normalized spacial score (nSPS) is 11.6. The summed E-state index contributed by atoms with van der Waals surface area (Å²) in [5, 5.41) is 9.39. The Morgan fingerprint density at radius 2 is 0.836 bits per heavy atom. The number of hydrogen-bond acceptors (Lipinski definition) is 3. The van der Waals surface area contributed by atoms with E-state index in [1.54, 1.807) is 0 Å². The van der Waals surface area contributed by atoms with Crippen LogP contribution in [-0.4, -0.2) is 19.5 Å². The first kappa shape index (κ1) is 34.8. The van der Waals surface area contributed by atoms with Gasteiger partial charge in [0.05, 0.1) is 11.0 Å². The molecule has 12 aromatic rings. The van der Waals surface area contributed by atoms with Crippen molar-refractivity contribution in [1.82, 2.24) is 19.5 Å². The number of fused-ring (bicyclic) bond motifs is 7. The van der Waals surface area contributed by atoms with Crippen LogP contribution in [0.1, 0.15) is 0 Å². The maximum Gasteiger partial charge on any atom is 0.165 e. The van der Waals surface area contributed by atoms with Crippen LogP contribution in [0.2, 0.25) is 0 Å². The maximum absolute atomic E-state index is 5.35. The van der Waals surface area contributed by atoms with Crippen LogP contribution in [0.3, 0.4) is 0 Å². The molecule has 0 aliphatic carbocycles. The minimum absolute atomic E-state index is 0.622. The molecule has 0 saturated heterocycles. The zero-order chi connectivity index (χ0) is 40.3. The zero-order valence-corrected chi connectivity index (χ0v) is 33.1. The molecular formula is C57H36N4. The van der Waals surface area contributed by atoms with E-state index in [0.29, 0.717) is 17.5 Å². The minimum Gasteiger partial charge on any atom is -0.309 e. The van der Waals surface area contributed by atoms with Crippen LogP contribution in [0.5, 0.6) is 0 Å². The van der Waals surface area contributed by atoms with E-state index in [4.69, 9.17) is 15.0 Å². The average molecular weight is 777 g/mol. The van der Waals surface area contributed by atoms with Crippen molar-refractivity contribution >= 4 is 54.1 Å². The second-order valence-corrected chi connectivity index (χ2v) is 15.6. The fraction of sp³-hybridized carbons (Fsp3) is 0. The van der Waals surface area contributed by atoms with Crippen molar-refractivity contribution < 1.29 is 0 Å². The van der Waals surface area contributed by atoms with Gasteiger partial charge in [0.2, 0.25) is 0 Å². The van der Waals surface area contributed by atoms with E-state index in [1.165, 1.54) is 43.5 Å². The van der Waals surface area contributed by atoms with Gasteiger partial charge in [0.25, 0.3) is 0 Å². The highest BCUT2D eigenvalue weighted by Gasteiger charge is 2.20. The molecule has 10 aromatic carbocycles. The van der Waals surface area contributed by atoms with E-state index in [0.717, 1.165) is 55.2 Å². The maximum atomic E-state index is 5.35. The van der Waals surface area contributed by atoms with Gasteiger partial charge in [-0.2, -0.15) is 0 Å². The molecule has 0 radical (unpaired) electrons. The van der Waals surface area contributed by atoms with Crippen molar-refractivity contribution in [2.45, 2.75) is 0 Å². The van der Waals surface area contributed by atoms with Crippen molar-refractivity contribution in [2.75, 3.05) is 0 Å². The Hall–Kier alpha value is -8.21. The van der Waals surface area contributed by atoms with Crippen LogP contribution in [0.25, 0.3) is 116 Å². The number of benzene rings is 10. The fourth-order valence-corrected chi connectivity index (χ4v) is 9.15. The van der Waals surface area contributed by atoms with Crippen LogP contribution in [-0.2, 0) is 0 Å². The summed E-state index contributed by atoms with van der Waals surface area (Å²) in [4.78, 5) is 15.9. The third-order valence-electron chi connectivity index (χ3n) is 12.0. The van der Waals surface area contributed by atoms with Gasteiger partial charge in [-0.15, -0.1) is 0 Å². The van der Waals surface area contributed by atoms with Gasteiger partial charge in [-0.25, -0.2) is 15.0 Å². The number of hydrogen-bond donors (Lipinski definition) is 0. The molecule has 0 aliphatic rings. The summed E-state index contributed by atoms with van der Waals surface area (Å²) >= 11 is 0. The number of para-hydroxylation sites is 3. The largest absolute Gasteiger partial charge is 0.309 e. The fourth-order valence-electron chi connectivity index (χ4n) is 9.15. The lowest BCUT2D eigenvalue weighted by atomic mass is 9.93. The first-order valence-corrected chi connectivity index (χ1v) is 20.7. The molecule has 0 N–H and O–H groups in total. The van der Waals surface area contributed by atoms with E-state index < -0.39 is 0 Å². The van der Waals surface area contributed by atoms with E-state index in [-0.39, 0.29) is 0 Å². The summed E-state index contributed by atoms with van der Waals surface area (Å²) in [6.07, 6.45) is 0. The second-order valence-electron chi connectivity index (χ2n) is 15.6. The number of rotatable bonds is 6. The lowest BCUT2D eigenvalue weighted by Crippen LogP contribution is -2.01. The van der Waals surface area contributed by atoms with Gasteiger partial charge >= 0.3 is 0 Å². The van der Waals surface area contributed by atoms with Gasteiger partial charge in [-0.05, 0) is 73.3 Å². The Morgan fingerprint density at radius 3 is 1.57 bits per heavy atom. The molecule has 0 unspecified atom stereocenters. The Bertz CT molecular complexity index is 3610.